The molecule has 0 amide bonds. The molecule has 4 heteroatoms. The first-order chi connectivity index (χ1) is 28.6. The number of aryl methyl sites for hydroxylation is 2. The molecular formula is C54H37N3S. The summed E-state index contributed by atoms with van der Waals surface area (Å²) in [5.74, 6) is 0.738. The quantitative estimate of drug-likeness (QED) is 0.175. The van der Waals surface area contributed by atoms with Crippen molar-refractivity contribution in [2.75, 3.05) is 0 Å². The molecule has 0 bridgehead atoms. The lowest BCUT2D eigenvalue weighted by atomic mass is 9.67. The van der Waals surface area contributed by atoms with Crippen molar-refractivity contribution in [1.82, 2.24) is 15.0 Å². The Balaban J connectivity index is 1.08. The van der Waals surface area contributed by atoms with Crippen molar-refractivity contribution in [1.29, 1.82) is 0 Å². The van der Waals surface area contributed by atoms with Crippen LogP contribution in [0, 0.1) is 13.8 Å². The fraction of sp³-hybridized carbons (Fsp3) is 0.0556. The topological polar surface area (TPSA) is 38.7 Å². The fourth-order valence-corrected chi connectivity index (χ4v) is 10.5. The second kappa shape index (κ2) is 13.7. The van der Waals surface area contributed by atoms with Gasteiger partial charge in [0.25, 0.3) is 0 Å². The van der Waals surface area contributed by atoms with Crippen LogP contribution < -0.4 is 0 Å². The first-order valence-corrected chi connectivity index (χ1v) is 20.6. The van der Waals surface area contributed by atoms with Gasteiger partial charge in [-0.15, -0.1) is 0 Å². The molecule has 1 aliphatic heterocycles. The molecule has 3 nitrogen and oxygen atoms in total. The zero-order chi connectivity index (χ0) is 38.8. The van der Waals surface area contributed by atoms with Crippen molar-refractivity contribution in [3.05, 3.63) is 222 Å². The van der Waals surface area contributed by atoms with Crippen molar-refractivity contribution < 1.29 is 0 Å². The minimum atomic E-state index is -0.536. The molecule has 0 radical (unpaired) electrons. The highest BCUT2D eigenvalue weighted by Crippen LogP contribution is 2.63. The summed E-state index contributed by atoms with van der Waals surface area (Å²) in [5.41, 5.74) is 19.3. The Kier molecular flexibility index (Phi) is 8.09. The maximum atomic E-state index is 5.16. The van der Waals surface area contributed by atoms with Gasteiger partial charge in [-0.05, 0) is 111 Å². The molecule has 2 aromatic heterocycles. The van der Waals surface area contributed by atoms with E-state index < -0.39 is 5.41 Å². The van der Waals surface area contributed by atoms with E-state index in [1.54, 1.807) is 0 Å². The molecule has 11 rings (SSSR count). The van der Waals surface area contributed by atoms with Gasteiger partial charge in [-0.25, -0.2) is 9.97 Å². The summed E-state index contributed by atoms with van der Waals surface area (Å²) in [6, 6.07) is 66.3. The van der Waals surface area contributed by atoms with Crippen molar-refractivity contribution in [3.8, 4) is 67.2 Å². The average molecular weight is 760 g/mol. The predicted octanol–water partition coefficient (Wildman–Crippen LogP) is 13.7. The van der Waals surface area contributed by atoms with Gasteiger partial charge in [0.2, 0.25) is 0 Å². The number of hydrogen-bond acceptors (Lipinski definition) is 4. The smallest absolute Gasteiger partial charge is 0.160 e. The fourth-order valence-electron chi connectivity index (χ4n) is 9.28. The number of nitrogens with zero attached hydrogens (tertiary/aromatic N) is 3. The SMILES string of the molecule is Cc1cc(-c2ccccc2)nc(-c2ccc3c(c2)C2(c4ccccc4S3)c3ccccc3-c3c(-c4ccc(-c5cccc(-c6cccnc6C)c5)cc4)cccc32)n1. The van der Waals surface area contributed by atoms with E-state index in [2.05, 4.69) is 189 Å². The summed E-state index contributed by atoms with van der Waals surface area (Å²) in [7, 11) is 0. The third-order valence-corrected chi connectivity index (χ3v) is 13.0. The van der Waals surface area contributed by atoms with Crippen LogP contribution in [0.5, 0.6) is 0 Å². The summed E-state index contributed by atoms with van der Waals surface area (Å²) in [5, 5.41) is 0. The molecule has 274 valence electrons. The molecular weight excluding hydrogens is 723 g/mol. The largest absolute Gasteiger partial charge is 0.261 e. The van der Waals surface area contributed by atoms with Crippen molar-refractivity contribution in [2.45, 2.75) is 29.1 Å². The van der Waals surface area contributed by atoms with Gasteiger partial charge in [0.05, 0.1) is 11.1 Å². The molecule has 1 aliphatic carbocycles. The number of aromatic nitrogens is 3. The zero-order valence-electron chi connectivity index (χ0n) is 32.1. The van der Waals surface area contributed by atoms with Gasteiger partial charge in [0.15, 0.2) is 5.82 Å². The molecule has 58 heavy (non-hydrogen) atoms. The van der Waals surface area contributed by atoms with Crippen LogP contribution in [0.4, 0.5) is 0 Å². The van der Waals surface area contributed by atoms with Gasteiger partial charge in [-0.1, -0.05) is 157 Å². The summed E-state index contributed by atoms with van der Waals surface area (Å²) < 4.78 is 0. The second-order valence-corrected chi connectivity index (χ2v) is 16.3. The summed E-state index contributed by atoms with van der Waals surface area (Å²) in [4.78, 5) is 17.2. The molecule has 1 unspecified atom stereocenters. The van der Waals surface area contributed by atoms with Crippen LogP contribution >= 0.6 is 11.8 Å². The third kappa shape index (κ3) is 5.40. The Morgan fingerprint density at radius 3 is 1.93 bits per heavy atom. The normalized spacial score (nSPS) is 14.7. The maximum Gasteiger partial charge on any atom is 0.160 e. The Morgan fingerprint density at radius 2 is 1.07 bits per heavy atom. The van der Waals surface area contributed by atoms with E-state index in [-0.39, 0.29) is 0 Å². The van der Waals surface area contributed by atoms with E-state index in [0.717, 1.165) is 39.6 Å². The lowest BCUT2D eigenvalue weighted by molar-refractivity contribution is 0.722. The van der Waals surface area contributed by atoms with Crippen molar-refractivity contribution >= 4 is 11.8 Å². The van der Waals surface area contributed by atoms with Gasteiger partial charge < -0.3 is 0 Å². The highest BCUT2D eigenvalue weighted by molar-refractivity contribution is 7.99. The van der Waals surface area contributed by atoms with E-state index in [1.165, 1.54) is 71.0 Å². The van der Waals surface area contributed by atoms with E-state index in [1.807, 2.05) is 30.1 Å². The van der Waals surface area contributed by atoms with Gasteiger partial charge in [0, 0.05) is 44.1 Å². The molecule has 1 spiro atoms. The Morgan fingerprint density at radius 1 is 0.414 bits per heavy atom. The number of benzene rings is 7. The summed E-state index contributed by atoms with van der Waals surface area (Å²) >= 11 is 1.86. The molecule has 9 aromatic rings. The van der Waals surface area contributed by atoms with Crippen LogP contribution in [-0.4, -0.2) is 15.0 Å². The maximum absolute atomic E-state index is 5.16. The minimum absolute atomic E-state index is 0.536. The summed E-state index contributed by atoms with van der Waals surface area (Å²) in [6.45, 7) is 4.13. The number of hydrogen-bond donors (Lipinski definition) is 0. The van der Waals surface area contributed by atoms with Gasteiger partial charge >= 0.3 is 0 Å². The van der Waals surface area contributed by atoms with Crippen LogP contribution in [0.15, 0.2) is 198 Å². The first-order valence-electron chi connectivity index (χ1n) is 19.8. The van der Waals surface area contributed by atoms with Crippen LogP contribution in [0.3, 0.4) is 0 Å². The molecule has 0 fully saturated rings. The van der Waals surface area contributed by atoms with E-state index in [4.69, 9.17) is 9.97 Å². The van der Waals surface area contributed by atoms with Crippen LogP contribution in [0.25, 0.3) is 67.2 Å². The monoisotopic (exact) mass is 759 g/mol. The lowest BCUT2D eigenvalue weighted by Gasteiger charge is -2.40. The third-order valence-electron chi connectivity index (χ3n) is 11.9. The molecule has 3 heterocycles. The number of rotatable bonds is 5. The highest BCUT2D eigenvalue weighted by atomic mass is 32.2. The number of pyridine rings is 1. The summed E-state index contributed by atoms with van der Waals surface area (Å²) in [6.07, 6.45) is 1.85. The highest BCUT2D eigenvalue weighted by Gasteiger charge is 2.51. The van der Waals surface area contributed by atoms with Gasteiger partial charge in [0.1, 0.15) is 0 Å². The molecule has 0 N–H and O–H groups in total. The lowest BCUT2D eigenvalue weighted by Crippen LogP contribution is -2.32. The zero-order valence-corrected chi connectivity index (χ0v) is 33.0. The molecule has 0 saturated carbocycles. The molecule has 0 saturated heterocycles. The Labute approximate surface area is 343 Å². The van der Waals surface area contributed by atoms with E-state index >= 15 is 0 Å². The van der Waals surface area contributed by atoms with Crippen molar-refractivity contribution in [3.63, 3.8) is 0 Å². The van der Waals surface area contributed by atoms with Gasteiger partial charge in [-0.3, -0.25) is 4.98 Å². The second-order valence-electron chi connectivity index (χ2n) is 15.2. The predicted molar refractivity (Wildman–Crippen MR) is 238 cm³/mol. The van der Waals surface area contributed by atoms with Crippen molar-refractivity contribution in [2.24, 2.45) is 0 Å². The van der Waals surface area contributed by atoms with Gasteiger partial charge in [-0.2, -0.15) is 0 Å². The van der Waals surface area contributed by atoms with E-state index in [9.17, 15) is 0 Å². The average Bonchev–Trinajstić information content (AvgIpc) is 3.57. The minimum Gasteiger partial charge on any atom is -0.261 e. The van der Waals surface area contributed by atoms with Crippen LogP contribution in [0.2, 0.25) is 0 Å². The van der Waals surface area contributed by atoms with Crippen LogP contribution in [0.1, 0.15) is 33.6 Å². The molecule has 7 aromatic carbocycles. The molecule has 1 atom stereocenters. The van der Waals surface area contributed by atoms with Crippen LogP contribution in [-0.2, 0) is 5.41 Å². The standard InChI is InChI=1S/C54H37N3S/c1-34-31-49(38-13-4-3-5-14-38)57-53(56-34)41-28-29-51-48(33-41)54(46-21-8-9-23-50(46)58-51)45-20-7-6-17-44(45)52-43(18-11-22-47(52)54)37-26-24-36(25-27-37)39-15-10-16-40(32-39)42-19-12-30-55-35(42)2/h3-33H,1-2H3. The first kappa shape index (κ1) is 34.4. The number of fused-ring (bicyclic) bond motifs is 9. The Hall–Kier alpha value is -6.88. The van der Waals surface area contributed by atoms with E-state index in [0.29, 0.717) is 0 Å². The Bertz CT molecular complexity index is 3060. The molecule has 2 aliphatic rings.